The maximum atomic E-state index is 12.8. The molecule has 26 heavy (non-hydrogen) atoms. The number of amides is 1. The third kappa shape index (κ3) is 3.14. The van der Waals surface area contributed by atoms with Crippen LogP contribution >= 0.6 is 0 Å². The molecule has 0 bridgehead atoms. The molecule has 1 aromatic carbocycles. The van der Waals surface area contributed by atoms with Gasteiger partial charge in [-0.3, -0.25) is 4.79 Å². The van der Waals surface area contributed by atoms with Gasteiger partial charge in [0.05, 0.1) is 17.1 Å². The van der Waals surface area contributed by atoms with Crippen LogP contribution in [0.4, 0.5) is 0 Å². The van der Waals surface area contributed by atoms with Gasteiger partial charge in [0.15, 0.2) is 0 Å². The van der Waals surface area contributed by atoms with E-state index in [9.17, 15) is 4.79 Å². The Bertz CT molecular complexity index is 871. The topological polar surface area (TPSA) is 53.9 Å². The van der Waals surface area contributed by atoms with E-state index in [-0.39, 0.29) is 11.9 Å². The van der Waals surface area contributed by atoms with Gasteiger partial charge in [0, 0.05) is 30.9 Å². The highest BCUT2D eigenvalue weighted by molar-refractivity contribution is 5.78. The van der Waals surface area contributed by atoms with Crippen LogP contribution in [-0.4, -0.2) is 31.9 Å². The Labute approximate surface area is 154 Å². The molecule has 3 heterocycles. The fourth-order valence-corrected chi connectivity index (χ4v) is 4.06. The number of fused-ring (bicyclic) bond motifs is 1. The number of hydrogen-bond donors (Lipinski definition) is 1. The Balaban J connectivity index is 1.42. The molecular formula is C21H26N4O. The van der Waals surface area contributed by atoms with Gasteiger partial charge in [-0.2, -0.15) is 0 Å². The van der Waals surface area contributed by atoms with E-state index in [1.807, 2.05) is 29.2 Å². The quantitative estimate of drug-likeness (QED) is 0.752. The summed E-state index contributed by atoms with van der Waals surface area (Å²) in [5.74, 6) is 1.17. The van der Waals surface area contributed by atoms with E-state index >= 15 is 0 Å². The molecular weight excluding hydrogens is 324 g/mol. The number of aryl methyl sites for hydroxylation is 2. The van der Waals surface area contributed by atoms with Crippen LogP contribution in [0.25, 0.3) is 11.0 Å². The number of carbonyl (C=O) groups excluding carboxylic acids is 1. The van der Waals surface area contributed by atoms with Crippen LogP contribution in [0.3, 0.4) is 0 Å². The van der Waals surface area contributed by atoms with Crippen molar-refractivity contribution < 1.29 is 4.79 Å². The second-order valence-corrected chi connectivity index (χ2v) is 7.26. The molecule has 1 amide bonds. The molecule has 1 saturated heterocycles. The summed E-state index contributed by atoms with van der Waals surface area (Å²) in [4.78, 5) is 23.0. The van der Waals surface area contributed by atoms with Gasteiger partial charge in [0.1, 0.15) is 5.82 Å². The Kier molecular flexibility index (Phi) is 4.53. The van der Waals surface area contributed by atoms with E-state index in [1.165, 1.54) is 11.4 Å². The van der Waals surface area contributed by atoms with Crippen molar-refractivity contribution in [3.05, 3.63) is 53.6 Å². The molecule has 0 spiro atoms. The number of nitrogens with zero attached hydrogens (tertiary/aromatic N) is 3. The van der Waals surface area contributed by atoms with Crippen molar-refractivity contribution in [2.45, 2.75) is 52.1 Å². The molecule has 3 aromatic rings. The highest BCUT2D eigenvalue weighted by Gasteiger charge is 2.31. The van der Waals surface area contributed by atoms with Crippen molar-refractivity contribution >= 4 is 16.9 Å². The molecule has 0 aliphatic carbocycles. The highest BCUT2D eigenvalue weighted by atomic mass is 16.2. The second-order valence-electron chi connectivity index (χ2n) is 7.26. The third-order valence-electron chi connectivity index (χ3n) is 5.49. The summed E-state index contributed by atoms with van der Waals surface area (Å²) in [6, 6.07) is 12.4. The van der Waals surface area contributed by atoms with E-state index < -0.39 is 0 Å². The number of benzene rings is 1. The second kappa shape index (κ2) is 6.98. The summed E-state index contributed by atoms with van der Waals surface area (Å²) in [5, 5.41) is 0. The van der Waals surface area contributed by atoms with E-state index in [2.05, 4.69) is 35.5 Å². The van der Waals surface area contributed by atoms with Crippen molar-refractivity contribution in [2.75, 3.05) is 6.54 Å². The Morgan fingerprint density at radius 1 is 1.19 bits per heavy atom. The number of carbonyl (C=O) groups is 1. The molecule has 5 nitrogen and oxygen atoms in total. The molecule has 1 unspecified atom stereocenters. The Hall–Kier alpha value is -2.56. The average molecular weight is 350 g/mol. The first-order valence-corrected chi connectivity index (χ1v) is 9.50. The van der Waals surface area contributed by atoms with Gasteiger partial charge in [-0.15, -0.1) is 0 Å². The van der Waals surface area contributed by atoms with Gasteiger partial charge in [-0.1, -0.05) is 12.1 Å². The first kappa shape index (κ1) is 16.9. The zero-order chi connectivity index (χ0) is 18.1. The number of hydrogen-bond acceptors (Lipinski definition) is 2. The lowest BCUT2D eigenvalue weighted by Gasteiger charge is -2.23. The van der Waals surface area contributed by atoms with Crippen LogP contribution in [0.15, 0.2) is 36.4 Å². The van der Waals surface area contributed by atoms with E-state index in [1.54, 1.807) is 0 Å². The number of nitrogens with one attached hydrogen (secondary N) is 1. The maximum Gasteiger partial charge on any atom is 0.223 e. The summed E-state index contributed by atoms with van der Waals surface area (Å²) in [6.45, 7) is 5.97. The molecule has 1 N–H and O–H groups in total. The van der Waals surface area contributed by atoms with E-state index in [4.69, 9.17) is 4.98 Å². The van der Waals surface area contributed by atoms with Crippen molar-refractivity contribution in [3.63, 3.8) is 0 Å². The minimum Gasteiger partial charge on any atom is -0.349 e. The molecule has 0 radical (unpaired) electrons. The van der Waals surface area contributed by atoms with E-state index in [0.29, 0.717) is 6.42 Å². The number of H-pyrrole nitrogens is 1. The van der Waals surface area contributed by atoms with Crippen LogP contribution in [0.2, 0.25) is 0 Å². The predicted octanol–water partition coefficient (Wildman–Crippen LogP) is 4.13. The van der Waals surface area contributed by atoms with Crippen LogP contribution in [-0.2, 0) is 11.3 Å². The molecule has 1 fully saturated rings. The summed E-state index contributed by atoms with van der Waals surface area (Å²) in [7, 11) is 0. The lowest BCUT2D eigenvalue weighted by atomic mass is 10.2. The number of imidazole rings is 1. The molecule has 1 aliphatic rings. The van der Waals surface area contributed by atoms with Crippen LogP contribution in [0, 0.1) is 13.8 Å². The number of aromatic nitrogens is 3. The minimum atomic E-state index is 0.0879. The third-order valence-corrected chi connectivity index (χ3v) is 5.49. The summed E-state index contributed by atoms with van der Waals surface area (Å²) in [6.07, 6.45) is 3.50. The molecule has 2 aromatic heterocycles. The van der Waals surface area contributed by atoms with Crippen molar-refractivity contribution in [3.8, 4) is 0 Å². The number of aromatic amines is 1. The van der Waals surface area contributed by atoms with Crippen molar-refractivity contribution in [1.82, 2.24) is 19.4 Å². The zero-order valence-electron chi connectivity index (χ0n) is 15.5. The lowest BCUT2D eigenvalue weighted by molar-refractivity contribution is -0.132. The Morgan fingerprint density at radius 3 is 2.73 bits per heavy atom. The standard InChI is InChI=1S/C21H26N4O/c1-15-11-12-16(2)24(15)13-6-10-20(26)25-14-5-9-19(25)21-22-17-7-3-4-8-18(17)23-21/h3-4,7-8,11-12,19H,5-6,9-10,13-14H2,1-2H3,(H,22,23). The van der Waals surface area contributed by atoms with Gasteiger partial charge < -0.3 is 14.5 Å². The molecule has 5 heteroatoms. The molecule has 136 valence electrons. The van der Waals surface area contributed by atoms with Gasteiger partial charge >= 0.3 is 0 Å². The fraction of sp³-hybridized carbons (Fsp3) is 0.429. The van der Waals surface area contributed by atoms with Crippen LogP contribution < -0.4 is 0 Å². The van der Waals surface area contributed by atoms with Crippen LogP contribution in [0.1, 0.15) is 48.9 Å². The van der Waals surface area contributed by atoms with Gasteiger partial charge in [0.2, 0.25) is 5.91 Å². The monoisotopic (exact) mass is 350 g/mol. The summed E-state index contributed by atoms with van der Waals surface area (Å²) >= 11 is 0. The maximum absolute atomic E-state index is 12.8. The van der Waals surface area contributed by atoms with Crippen LogP contribution in [0.5, 0.6) is 0 Å². The number of likely N-dealkylation sites (tertiary alicyclic amines) is 1. The van der Waals surface area contributed by atoms with Crippen molar-refractivity contribution in [2.24, 2.45) is 0 Å². The van der Waals surface area contributed by atoms with E-state index in [0.717, 1.165) is 49.2 Å². The molecule has 0 saturated carbocycles. The summed E-state index contributed by atoms with van der Waals surface area (Å²) < 4.78 is 2.29. The fourth-order valence-electron chi connectivity index (χ4n) is 4.06. The minimum absolute atomic E-state index is 0.0879. The average Bonchev–Trinajstić information content (AvgIpc) is 3.34. The smallest absolute Gasteiger partial charge is 0.223 e. The normalized spacial score (nSPS) is 17.3. The SMILES string of the molecule is Cc1ccc(C)n1CCCC(=O)N1CCCC1c1nc2ccccc2[nH]1. The molecule has 1 aliphatic heterocycles. The summed E-state index contributed by atoms with van der Waals surface area (Å²) in [5.41, 5.74) is 4.54. The van der Waals surface area contributed by atoms with Gasteiger partial charge in [-0.25, -0.2) is 4.98 Å². The Morgan fingerprint density at radius 2 is 1.96 bits per heavy atom. The lowest BCUT2D eigenvalue weighted by Crippen LogP contribution is -2.31. The molecule has 4 rings (SSSR count). The zero-order valence-corrected chi connectivity index (χ0v) is 15.5. The van der Waals surface area contributed by atoms with Crippen molar-refractivity contribution in [1.29, 1.82) is 0 Å². The van der Waals surface area contributed by atoms with Gasteiger partial charge in [0.25, 0.3) is 0 Å². The molecule has 1 atom stereocenters. The number of para-hydroxylation sites is 2. The highest BCUT2D eigenvalue weighted by Crippen LogP contribution is 2.32. The number of rotatable bonds is 5. The predicted molar refractivity (Wildman–Crippen MR) is 103 cm³/mol. The first-order chi connectivity index (χ1) is 12.6. The van der Waals surface area contributed by atoms with Gasteiger partial charge in [-0.05, 0) is 57.4 Å². The largest absolute Gasteiger partial charge is 0.349 e. The first-order valence-electron chi connectivity index (χ1n) is 9.50.